The summed E-state index contributed by atoms with van der Waals surface area (Å²) in [6.45, 7) is 1.69. The average Bonchev–Trinajstić information content (AvgIpc) is 2.60. The molecule has 0 aromatic carbocycles. The molecule has 2 unspecified atom stereocenters. The van der Waals surface area contributed by atoms with E-state index in [-0.39, 0.29) is 11.4 Å². The van der Waals surface area contributed by atoms with Gasteiger partial charge in [0.2, 0.25) is 0 Å². The van der Waals surface area contributed by atoms with E-state index in [9.17, 15) is 30.6 Å². The van der Waals surface area contributed by atoms with Gasteiger partial charge in [-0.2, -0.15) is 8.78 Å². The summed E-state index contributed by atoms with van der Waals surface area (Å²) in [5.41, 5.74) is 0.395. The number of alkyl halides is 6. The van der Waals surface area contributed by atoms with Gasteiger partial charge in [0.15, 0.2) is 0 Å². The quantitative estimate of drug-likeness (QED) is 0.639. The number of pyridine rings is 2. The summed E-state index contributed by atoms with van der Waals surface area (Å²) in [6.07, 6.45) is -12.4. The van der Waals surface area contributed by atoms with E-state index in [0.717, 1.165) is 12.3 Å². The smallest absolute Gasteiger partial charge is 0.427 e. The largest absolute Gasteiger partial charge is 0.525 e. The zero-order chi connectivity index (χ0) is 20.2. The third-order valence-electron chi connectivity index (χ3n) is 3.01. The average molecular weight is 414 g/mol. The van der Waals surface area contributed by atoms with Crippen LogP contribution >= 0.6 is 0 Å². The maximum atomic E-state index is 13.4. The van der Waals surface area contributed by atoms with Crippen LogP contribution in [0.15, 0.2) is 41.6 Å². The Kier molecular flexibility index (Phi) is 6.42. The van der Waals surface area contributed by atoms with Crippen LogP contribution in [0.3, 0.4) is 0 Å². The highest BCUT2D eigenvalue weighted by atomic mass is 32.2. The minimum absolute atomic E-state index is 0.159. The van der Waals surface area contributed by atoms with Crippen LogP contribution in [0.5, 0.6) is 5.75 Å². The maximum Gasteiger partial charge on any atom is 0.525 e. The van der Waals surface area contributed by atoms with Gasteiger partial charge >= 0.3 is 18.8 Å². The molecule has 0 spiro atoms. The van der Waals surface area contributed by atoms with E-state index in [1.165, 1.54) is 12.3 Å². The molecule has 2 heterocycles. The van der Waals surface area contributed by atoms with Crippen molar-refractivity contribution in [3.8, 4) is 17.1 Å². The third kappa shape index (κ3) is 5.63. The number of aromatic nitrogens is 2. The first kappa shape index (κ1) is 21.1. The van der Waals surface area contributed by atoms with Gasteiger partial charge < -0.3 is 4.74 Å². The summed E-state index contributed by atoms with van der Waals surface area (Å²) in [5.74, 6) is -0.394. The molecule has 2 rings (SSSR count). The van der Waals surface area contributed by atoms with Gasteiger partial charge in [-0.3, -0.25) is 14.2 Å². The molecule has 0 fully saturated rings. The summed E-state index contributed by atoms with van der Waals surface area (Å²) in [7, 11) is -1.37. The summed E-state index contributed by atoms with van der Waals surface area (Å²) < 4.78 is 93.9. The zero-order valence-corrected chi connectivity index (χ0v) is 14.4. The minimum atomic E-state index is -5.60. The fourth-order valence-electron chi connectivity index (χ4n) is 1.89. The van der Waals surface area contributed by atoms with E-state index in [1.54, 1.807) is 19.1 Å². The Morgan fingerprint density at radius 2 is 1.85 bits per heavy atom. The molecule has 2 aromatic rings. The van der Waals surface area contributed by atoms with E-state index in [2.05, 4.69) is 19.4 Å². The van der Waals surface area contributed by atoms with Crippen molar-refractivity contribution < 1.29 is 40.0 Å². The molecule has 27 heavy (non-hydrogen) atoms. The van der Waals surface area contributed by atoms with Gasteiger partial charge in [-0.15, -0.1) is 13.2 Å². The molecule has 2 aromatic heterocycles. The van der Waals surface area contributed by atoms with E-state index >= 15 is 0 Å². The van der Waals surface area contributed by atoms with E-state index < -0.39 is 35.4 Å². The molecule has 0 N–H and O–H groups in total. The lowest BCUT2D eigenvalue weighted by Crippen LogP contribution is -2.41. The van der Waals surface area contributed by atoms with Gasteiger partial charge in [0.05, 0.1) is 27.6 Å². The third-order valence-corrected chi connectivity index (χ3v) is 4.36. The zero-order valence-electron chi connectivity index (χ0n) is 13.5. The van der Waals surface area contributed by atoms with E-state index in [0.29, 0.717) is 10.6 Å². The van der Waals surface area contributed by atoms with Crippen LogP contribution in [0.25, 0.3) is 11.4 Å². The van der Waals surface area contributed by atoms with Crippen LogP contribution in [-0.4, -0.2) is 38.8 Å². The van der Waals surface area contributed by atoms with Gasteiger partial charge in [0, 0.05) is 11.9 Å². The van der Waals surface area contributed by atoms with Crippen LogP contribution in [0.2, 0.25) is 0 Å². The van der Waals surface area contributed by atoms with Gasteiger partial charge in [-0.05, 0) is 24.3 Å². The highest BCUT2D eigenvalue weighted by Gasteiger charge is 2.50. The second-order valence-corrected chi connectivity index (χ2v) is 6.62. The normalized spacial score (nSPS) is 14.6. The van der Waals surface area contributed by atoms with Gasteiger partial charge in [-0.25, -0.2) is 9.13 Å². The van der Waals surface area contributed by atoms with Crippen LogP contribution < -0.4 is 4.74 Å². The predicted octanol–water partition coefficient (Wildman–Crippen LogP) is 4.07. The summed E-state index contributed by atoms with van der Waals surface area (Å²) in [6, 6.07) is 5.22. The van der Waals surface area contributed by atoms with Crippen molar-refractivity contribution in [1.29, 1.82) is 0 Å². The predicted molar refractivity (Wildman–Crippen MR) is 82.0 cm³/mol. The maximum absolute atomic E-state index is 13.4. The molecule has 0 radical (unpaired) electrons. The molecule has 148 valence electrons. The number of nitrogens with zero attached hydrogens (tertiary/aromatic N) is 2. The van der Waals surface area contributed by atoms with Crippen molar-refractivity contribution in [2.45, 2.75) is 30.6 Å². The van der Waals surface area contributed by atoms with Crippen LogP contribution in [-0.2, 0) is 15.5 Å². The van der Waals surface area contributed by atoms with Crippen LogP contribution in [0.4, 0.5) is 26.3 Å². The minimum Gasteiger partial charge on any atom is -0.427 e. The number of ether oxygens (including phenoxy) is 2. The molecular formula is C15H12F6N2O3S. The molecular weight excluding hydrogens is 402 g/mol. The SMILES string of the molecule is CCS(=O)c1cccnc1-c1ccc(OC(F)(F)C(F)OC(F)(F)F)cn1. The van der Waals surface area contributed by atoms with Gasteiger partial charge in [-0.1, -0.05) is 6.92 Å². The number of rotatable bonds is 7. The van der Waals surface area contributed by atoms with E-state index in [1.807, 2.05) is 0 Å². The Hall–Kier alpha value is -2.21. The number of hydrogen-bond donors (Lipinski definition) is 0. The standard InChI is InChI=1S/C15H12F6N2O3S/c1-2-27(24)11-4-3-7-22-12(11)10-6-5-9(8-23-10)25-14(17,18)13(16)26-15(19,20)21/h3-8,13H,2H2,1H3. The lowest BCUT2D eigenvalue weighted by molar-refractivity contribution is -0.411. The van der Waals surface area contributed by atoms with Crippen molar-refractivity contribution in [1.82, 2.24) is 9.97 Å². The molecule has 0 amide bonds. The molecule has 0 aliphatic heterocycles. The second kappa shape index (κ2) is 8.21. The number of halogens is 6. The Morgan fingerprint density at radius 1 is 1.15 bits per heavy atom. The van der Waals surface area contributed by atoms with Crippen molar-refractivity contribution >= 4 is 10.8 Å². The lowest BCUT2D eigenvalue weighted by Gasteiger charge is -2.22. The fraction of sp³-hybridized carbons (Fsp3) is 0.333. The summed E-state index contributed by atoms with van der Waals surface area (Å²) in [5, 5.41) is 0. The first-order valence-corrected chi connectivity index (χ1v) is 8.60. The molecule has 5 nitrogen and oxygen atoms in total. The molecule has 0 bridgehead atoms. The Labute approximate surface area is 151 Å². The van der Waals surface area contributed by atoms with E-state index in [4.69, 9.17) is 0 Å². The molecule has 2 atom stereocenters. The van der Waals surface area contributed by atoms with Crippen molar-refractivity contribution in [2.75, 3.05) is 5.75 Å². The highest BCUT2D eigenvalue weighted by molar-refractivity contribution is 7.85. The monoisotopic (exact) mass is 414 g/mol. The molecule has 0 aliphatic rings. The van der Waals surface area contributed by atoms with Crippen molar-refractivity contribution in [3.63, 3.8) is 0 Å². The Bertz CT molecular complexity index is 801. The van der Waals surface area contributed by atoms with Crippen molar-refractivity contribution in [3.05, 3.63) is 36.7 Å². The summed E-state index contributed by atoms with van der Waals surface area (Å²) >= 11 is 0. The Balaban J connectivity index is 2.20. The topological polar surface area (TPSA) is 61.3 Å². The highest BCUT2D eigenvalue weighted by Crippen LogP contribution is 2.32. The summed E-state index contributed by atoms with van der Waals surface area (Å²) in [4.78, 5) is 8.21. The van der Waals surface area contributed by atoms with Gasteiger partial charge in [0.1, 0.15) is 11.4 Å². The van der Waals surface area contributed by atoms with Gasteiger partial charge in [0.25, 0.3) is 0 Å². The first-order valence-electron chi connectivity index (χ1n) is 7.28. The van der Waals surface area contributed by atoms with Crippen LogP contribution in [0, 0.1) is 0 Å². The molecule has 0 saturated carbocycles. The molecule has 0 aliphatic carbocycles. The molecule has 0 saturated heterocycles. The van der Waals surface area contributed by atoms with Crippen LogP contribution in [0.1, 0.15) is 6.92 Å². The fourth-order valence-corrected chi connectivity index (χ4v) is 2.81. The lowest BCUT2D eigenvalue weighted by atomic mass is 10.2. The molecule has 12 heteroatoms. The van der Waals surface area contributed by atoms with Crippen molar-refractivity contribution in [2.24, 2.45) is 0 Å². The number of hydrogen-bond acceptors (Lipinski definition) is 5. The second-order valence-electron chi connectivity index (χ2n) is 4.91. The first-order chi connectivity index (χ1) is 12.5. The Morgan fingerprint density at radius 3 is 2.41 bits per heavy atom.